The Hall–Kier alpha value is -2.48. The number of aldehydes is 1. The van der Waals surface area contributed by atoms with E-state index >= 15 is 0 Å². The molecule has 3 aromatic rings. The highest BCUT2D eigenvalue weighted by atomic mass is 79.9. The second kappa shape index (κ2) is 6.20. The quantitative estimate of drug-likeness (QED) is 0.474. The SMILES string of the molecule is O=Cc1c(-c2cccc(F)c2F)nn(-c2ccc(F)cc2F)c1Br. The maximum atomic E-state index is 14.0. The number of carbonyl (C=O) groups is 1. The van der Waals surface area contributed by atoms with Gasteiger partial charge in [0.05, 0.1) is 5.56 Å². The molecule has 8 heteroatoms. The van der Waals surface area contributed by atoms with Crippen LogP contribution in [0.2, 0.25) is 0 Å². The van der Waals surface area contributed by atoms with Gasteiger partial charge in [-0.25, -0.2) is 22.2 Å². The van der Waals surface area contributed by atoms with Crippen molar-refractivity contribution in [2.24, 2.45) is 0 Å². The lowest BCUT2D eigenvalue weighted by atomic mass is 10.1. The summed E-state index contributed by atoms with van der Waals surface area (Å²) in [5.41, 5.74) is -0.672. The Balaban J connectivity index is 2.27. The average molecular weight is 399 g/mol. The van der Waals surface area contributed by atoms with Crippen molar-refractivity contribution in [2.45, 2.75) is 0 Å². The molecule has 1 aromatic heterocycles. The zero-order valence-electron chi connectivity index (χ0n) is 11.7. The molecule has 0 amide bonds. The second-order valence-corrected chi connectivity index (χ2v) is 5.53. The van der Waals surface area contributed by atoms with Gasteiger partial charge in [0.1, 0.15) is 21.8 Å². The van der Waals surface area contributed by atoms with Crippen LogP contribution < -0.4 is 0 Å². The molecule has 0 unspecified atom stereocenters. The first kappa shape index (κ1) is 16.4. The van der Waals surface area contributed by atoms with E-state index in [0.29, 0.717) is 12.4 Å². The van der Waals surface area contributed by atoms with Gasteiger partial charge in [-0.2, -0.15) is 5.10 Å². The van der Waals surface area contributed by atoms with E-state index in [1.54, 1.807) is 0 Å². The third-order valence-corrected chi connectivity index (χ3v) is 4.09. The average Bonchev–Trinajstić information content (AvgIpc) is 2.86. The number of aromatic nitrogens is 2. The fraction of sp³-hybridized carbons (Fsp3) is 0. The van der Waals surface area contributed by atoms with Gasteiger partial charge in [-0.1, -0.05) is 6.07 Å². The fourth-order valence-electron chi connectivity index (χ4n) is 2.21. The summed E-state index contributed by atoms with van der Waals surface area (Å²) in [6.45, 7) is 0. The minimum atomic E-state index is -1.18. The van der Waals surface area contributed by atoms with E-state index in [1.807, 2.05) is 0 Å². The highest BCUT2D eigenvalue weighted by molar-refractivity contribution is 9.10. The summed E-state index contributed by atoms with van der Waals surface area (Å²) in [6.07, 6.45) is 0.384. The van der Waals surface area contributed by atoms with Gasteiger partial charge in [-0.3, -0.25) is 4.79 Å². The lowest BCUT2D eigenvalue weighted by Gasteiger charge is -2.05. The molecule has 0 aliphatic rings. The molecule has 0 spiro atoms. The Kier molecular flexibility index (Phi) is 4.23. The summed E-state index contributed by atoms with van der Waals surface area (Å²) in [5.74, 6) is -4.01. The highest BCUT2D eigenvalue weighted by Gasteiger charge is 2.23. The molecular formula is C16H7BrF4N2O. The lowest BCUT2D eigenvalue weighted by molar-refractivity contribution is 0.112. The maximum Gasteiger partial charge on any atom is 0.168 e. The van der Waals surface area contributed by atoms with Gasteiger partial charge in [0, 0.05) is 11.6 Å². The number of hydrogen-bond donors (Lipinski definition) is 0. The van der Waals surface area contributed by atoms with E-state index in [0.717, 1.165) is 22.9 Å². The Morgan fingerprint density at radius 1 is 1.04 bits per heavy atom. The molecule has 24 heavy (non-hydrogen) atoms. The van der Waals surface area contributed by atoms with Gasteiger partial charge in [0.15, 0.2) is 23.7 Å². The van der Waals surface area contributed by atoms with Crippen LogP contribution in [0.1, 0.15) is 10.4 Å². The molecule has 0 atom stereocenters. The summed E-state index contributed by atoms with van der Waals surface area (Å²) in [4.78, 5) is 11.3. The zero-order valence-corrected chi connectivity index (χ0v) is 13.3. The zero-order chi connectivity index (χ0) is 17.4. The highest BCUT2D eigenvalue weighted by Crippen LogP contribution is 2.32. The van der Waals surface area contributed by atoms with E-state index in [9.17, 15) is 22.4 Å². The maximum absolute atomic E-state index is 14.0. The normalized spacial score (nSPS) is 10.9. The minimum absolute atomic E-state index is 0.0293. The van der Waals surface area contributed by atoms with Crippen LogP contribution >= 0.6 is 15.9 Å². The molecule has 0 saturated carbocycles. The molecule has 0 bridgehead atoms. The minimum Gasteiger partial charge on any atom is -0.298 e. The van der Waals surface area contributed by atoms with Crippen LogP contribution in [-0.4, -0.2) is 16.1 Å². The third kappa shape index (κ3) is 2.62. The Bertz CT molecular complexity index is 955. The summed E-state index contributed by atoms with van der Waals surface area (Å²) in [6, 6.07) is 6.19. The smallest absolute Gasteiger partial charge is 0.168 e. The summed E-state index contributed by atoms with van der Waals surface area (Å²) in [7, 11) is 0. The topological polar surface area (TPSA) is 34.9 Å². The van der Waals surface area contributed by atoms with E-state index in [2.05, 4.69) is 21.0 Å². The van der Waals surface area contributed by atoms with Gasteiger partial charge < -0.3 is 0 Å². The largest absolute Gasteiger partial charge is 0.298 e. The van der Waals surface area contributed by atoms with E-state index in [4.69, 9.17) is 0 Å². The van der Waals surface area contributed by atoms with Crippen LogP contribution in [0.5, 0.6) is 0 Å². The van der Waals surface area contributed by atoms with Crippen LogP contribution in [0.15, 0.2) is 41.0 Å². The molecule has 0 saturated heterocycles. The first-order chi connectivity index (χ1) is 11.4. The molecule has 0 fully saturated rings. The van der Waals surface area contributed by atoms with Crippen molar-refractivity contribution in [1.82, 2.24) is 9.78 Å². The number of carbonyl (C=O) groups excluding carboxylic acids is 1. The van der Waals surface area contributed by atoms with E-state index < -0.39 is 23.3 Å². The second-order valence-electron chi connectivity index (χ2n) is 4.78. The molecule has 0 aliphatic carbocycles. The standard InChI is InChI=1S/C16H7BrF4N2O/c17-16-10(7-24)15(9-2-1-3-11(19)14(9)21)22-23(16)13-5-4-8(18)6-12(13)20/h1-7H. The Labute approximate surface area is 141 Å². The van der Waals surface area contributed by atoms with Crippen molar-refractivity contribution in [3.8, 4) is 16.9 Å². The lowest BCUT2D eigenvalue weighted by Crippen LogP contribution is -2.01. The van der Waals surface area contributed by atoms with Crippen LogP contribution in [-0.2, 0) is 0 Å². The fourth-order valence-corrected chi connectivity index (χ4v) is 2.76. The number of halogens is 5. The summed E-state index contributed by atoms with van der Waals surface area (Å²) < 4.78 is 55.4. The van der Waals surface area contributed by atoms with Gasteiger partial charge >= 0.3 is 0 Å². The Morgan fingerprint density at radius 2 is 1.79 bits per heavy atom. The van der Waals surface area contributed by atoms with Crippen molar-refractivity contribution >= 4 is 22.2 Å². The van der Waals surface area contributed by atoms with Crippen molar-refractivity contribution in [1.29, 1.82) is 0 Å². The number of benzene rings is 2. The molecule has 0 radical (unpaired) electrons. The molecular weight excluding hydrogens is 392 g/mol. The predicted molar refractivity (Wildman–Crippen MR) is 81.9 cm³/mol. The van der Waals surface area contributed by atoms with Gasteiger partial charge in [0.25, 0.3) is 0 Å². The van der Waals surface area contributed by atoms with Crippen molar-refractivity contribution < 1.29 is 22.4 Å². The first-order valence-corrected chi connectivity index (χ1v) is 7.37. The van der Waals surface area contributed by atoms with Crippen LogP contribution in [0.4, 0.5) is 17.6 Å². The van der Waals surface area contributed by atoms with Crippen LogP contribution in [0, 0.1) is 23.3 Å². The number of hydrogen-bond acceptors (Lipinski definition) is 2. The predicted octanol–water partition coefficient (Wildman–Crippen LogP) is 4.67. The molecule has 2 aromatic carbocycles. The molecule has 1 heterocycles. The molecule has 3 nitrogen and oxygen atoms in total. The van der Waals surface area contributed by atoms with Crippen molar-refractivity contribution in [3.05, 3.63) is 69.8 Å². The van der Waals surface area contributed by atoms with Crippen molar-refractivity contribution in [2.75, 3.05) is 0 Å². The third-order valence-electron chi connectivity index (χ3n) is 3.33. The van der Waals surface area contributed by atoms with Gasteiger partial charge in [0.2, 0.25) is 0 Å². The van der Waals surface area contributed by atoms with Gasteiger partial charge in [-0.05, 0) is 40.2 Å². The summed E-state index contributed by atoms with van der Waals surface area (Å²) in [5, 5.41) is 3.98. The molecule has 122 valence electrons. The van der Waals surface area contributed by atoms with Crippen LogP contribution in [0.25, 0.3) is 16.9 Å². The first-order valence-electron chi connectivity index (χ1n) is 6.57. The molecule has 3 rings (SSSR count). The van der Waals surface area contributed by atoms with E-state index in [-0.39, 0.29) is 27.1 Å². The van der Waals surface area contributed by atoms with E-state index in [1.165, 1.54) is 12.1 Å². The number of nitrogens with zero attached hydrogens (tertiary/aromatic N) is 2. The molecule has 0 aliphatic heterocycles. The summed E-state index contributed by atoms with van der Waals surface area (Å²) >= 11 is 3.08. The number of rotatable bonds is 3. The Morgan fingerprint density at radius 3 is 2.46 bits per heavy atom. The molecule has 0 N–H and O–H groups in total. The van der Waals surface area contributed by atoms with Crippen LogP contribution in [0.3, 0.4) is 0 Å². The van der Waals surface area contributed by atoms with Crippen molar-refractivity contribution in [3.63, 3.8) is 0 Å². The van der Waals surface area contributed by atoms with Gasteiger partial charge in [-0.15, -0.1) is 0 Å². The monoisotopic (exact) mass is 398 g/mol.